The van der Waals surface area contributed by atoms with Crippen molar-refractivity contribution in [3.8, 4) is 0 Å². The first-order valence-corrected chi connectivity index (χ1v) is 7.03. The van der Waals surface area contributed by atoms with Gasteiger partial charge in [-0.1, -0.05) is 36.9 Å². The largest absolute Gasteiger partial charge is 0.367 e. The second-order valence-electron chi connectivity index (χ2n) is 5.22. The van der Waals surface area contributed by atoms with E-state index in [1.165, 1.54) is 27.7 Å². The Labute approximate surface area is 120 Å². The molecule has 3 rings (SSSR count). The van der Waals surface area contributed by atoms with Gasteiger partial charge in [0, 0.05) is 35.4 Å². The van der Waals surface area contributed by atoms with Crippen LogP contribution in [0.2, 0.25) is 0 Å². The average molecular weight is 264 g/mol. The molecule has 1 fully saturated rings. The van der Waals surface area contributed by atoms with Crippen molar-refractivity contribution in [2.75, 3.05) is 7.05 Å². The lowest BCUT2D eigenvalue weighted by molar-refractivity contribution is 0.363. The van der Waals surface area contributed by atoms with Crippen LogP contribution in [0.25, 0.3) is 10.9 Å². The van der Waals surface area contributed by atoms with Gasteiger partial charge in [-0.3, -0.25) is 0 Å². The normalized spacial score (nSPS) is 23.1. The van der Waals surface area contributed by atoms with Gasteiger partial charge >= 0.3 is 0 Å². The van der Waals surface area contributed by atoms with Crippen molar-refractivity contribution in [1.82, 2.24) is 9.88 Å². The molecule has 0 radical (unpaired) electrons. The summed E-state index contributed by atoms with van der Waals surface area (Å²) in [5.41, 5.74) is 5.24. The van der Waals surface area contributed by atoms with Gasteiger partial charge in [-0.05, 0) is 31.1 Å². The van der Waals surface area contributed by atoms with Crippen molar-refractivity contribution in [2.24, 2.45) is 0 Å². The summed E-state index contributed by atoms with van der Waals surface area (Å²) in [5.74, 6) is 0. The van der Waals surface area contributed by atoms with E-state index in [0.29, 0.717) is 6.04 Å². The van der Waals surface area contributed by atoms with Crippen LogP contribution in [0.3, 0.4) is 0 Å². The first-order valence-electron chi connectivity index (χ1n) is 7.03. The molecule has 1 aliphatic heterocycles. The zero-order valence-corrected chi connectivity index (χ0v) is 12.1. The molecule has 1 saturated heterocycles. The molecule has 1 aromatic carbocycles. The molecule has 2 heteroatoms. The monoisotopic (exact) mass is 264 g/mol. The van der Waals surface area contributed by atoms with Crippen LogP contribution in [0.4, 0.5) is 0 Å². The molecule has 0 amide bonds. The van der Waals surface area contributed by atoms with Crippen molar-refractivity contribution in [1.29, 1.82) is 0 Å². The topological polar surface area (TPSA) is 19.0 Å². The van der Waals surface area contributed by atoms with Crippen LogP contribution in [0.5, 0.6) is 0 Å². The van der Waals surface area contributed by atoms with E-state index >= 15 is 0 Å². The molecule has 0 spiro atoms. The minimum absolute atomic E-state index is 0.392. The maximum absolute atomic E-state index is 3.83. The molecule has 0 unspecified atom stereocenters. The van der Waals surface area contributed by atoms with Crippen molar-refractivity contribution in [2.45, 2.75) is 19.4 Å². The number of hydrogen-bond donors (Lipinski definition) is 1. The summed E-state index contributed by atoms with van der Waals surface area (Å²) in [5, 5.41) is 1.32. The highest BCUT2D eigenvalue weighted by atomic mass is 15.2. The van der Waals surface area contributed by atoms with Crippen molar-refractivity contribution in [3.05, 3.63) is 72.1 Å². The SMILES string of the molecule is C=CC=C1/C(=C\C)C[C@@H](c2c[nH]c3ccccc23)N1C. The molecule has 102 valence electrons. The lowest BCUT2D eigenvalue weighted by atomic mass is 10.0. The molecular weight excluding hydrogens is 244 g/mol. The summed E-state index contributed by atoms with van der Waals surface area (Å²) < 4.78 is 0. The van der Waals surface area contributed by atoms with E-state index in [0.717, 1.165) is 6.42 Å². The van der Waals surface area contributed by atoms with Crippen LogP contribution in [0, 0.1) is 0 Å². The van der Waals surface area contributed by atoms with Gasteiger partial charge in [0.2, 0.25) is 0 Å². The zero-order valence-electron chi connectivity index (χ0n) is 12.1. The molecule has 1 aromatic heterocycles. The quantitative estimate of drug-likeness (QED) is 0.842. The number of likely N-dealkylation sites (N-methyl/N-ethyl adjacent to an activating group) is 1. The van der Waals surface area contributed by atoms with E-state index < -0.39 is 0 Å². The Kier molecular flexibility index (Phi) is 3.23. The number of likely N-dealkylation sites (tertiary alicyclic amines) is 1. The fourth-order valence-corrected chi connectivity index (χ4v) is 3.13. The summed E-state index contributed by atoms with van der Waals surface area (Å²) in [6, 6.07) is 8.89. The number of nitrogens with one attached hydrogen (secondary N) is 1. The van der Waals surface area contributed by atoms with Gasteiger partial charge < -0.3 is 9.88 Å². The Morgan fingerprint density at radius 1 is 1.35 bits per heavy atom. The van der Waals surface area contributed by atoms with Crippen molar-refractivity contribution in [3.63, 3.8) is 0 Å². The van der Waals surface area contributed by atoms with Gasteiger partial charge in [-0.2, -0.15) is 0 Å². The Balaban J connectivity index is 2.07. The van der Waals surface area contributed by atoms with Crippen molar-refractivity contribution >= 4 is 10.9 Å². The number of hydrogen-bond acceptors (Lipinski definition) is 1. The van der Waals surface area contributed by atoms with Gasteiger partial charge in [-0.25, -0.2) is 0 Å². The number of allylic oxidation sites excluding steroid dienone is 4. The summed E-state index contributed by atoms with van der Waals surface area (Å²) in [6.45, 7) is 5.94. The van der Waals surface area contributed by atoms with Gasteiger partial charge in [0.15, 0.2) is 0 Å². The van der Waals surface area contributed by atoms with Crippen LogP contribution in [-0.2, 0) is 0 Å². The lowest BCUT2D eigenvalue weighted by Crippen LogP contribution is -2.16. The molecule has 1 atom stereocenters. The standard InChI is InChI=1S/C18H20N2/c1-4-8-17-13(5-2)11-18(20(17)3)15-12-19-16-10-7-6-9-14(15)16/h4-10,12,18-19H,1,11H2,2-3H3/b13-5-,17-8?/t18-/m0/s1. The van der Waals surface area contributed by atoms with Gasteiger partial charge in [-0.15, -0.1) is 0 Å². The second-order valence-corrected chi connectivity index (χ2v) is 5.22. The van der Waals surface area contributed by atoms with E-state index in [1.807, 2.05) is 6.08 Å². The molecule has 2 nitrogen and oxygen atoms in total. The third-order valence-corrected chi connectivity index (χ3v) is 4.19. The highest BCUT2D eigenvalue weighted by Gasteiger charge is 2.30. The summed E-state index contributed by atoms with van der Waals surface area (Å²) in [4.78, 5) is 5.73. The molecule has 0 bridgehead atoms. The number of aromatic nitrogens is 1. The van der Waals surface area contributed by atoms with E-state index in [9.17, 15) is 0 Å². The molecule has 1 N–H and O–H groups in total. The van der Waals surface area contributed by atoms with E-state index in [2.05, 4.69) is 73.0 Å². The Hall–Kier alpha value is -2.22. The maximum atomic E-state index is 3.83. The Bertz CT molecular complexity index is 703. The second kappa shape index (κ2) is 5.04. The zero-order chi connectivity index (χ0) is 14.1. The predicted octanol–water partition coefficient (Wildman–Crippen LogP) is 4.56. The lowest BCUT2D eigenvalue weighted by Gasteiger charge is -2.22. The van der Waals surface area contributed by atoms with Crippen LogP contribution >= 0.6 is 0 Å². The number of para-hydroxylation sites is 1. The summed E-state index contributed by atoms with van der Waals surface area (Å²) in [6.07, 6.45) is 9.38. The molecular formula is C18H20N2. The number of nitrogens with zero attached hydrogens (tertiary/aromatic N) is 1. The Morgan fingerprint density at radius 3 is 2.90 bits per heavy atom. The third-order valence-electron chi connectivity index (χ3n) is 4.19. The highest BCUT2D eigenvalue weighted by Crippen LogP contribution is 2.42. The number of benzene rings is 1. The van der Waals surface area contributed by atoms with Crippen molar-refractivity contribution < 1.29 is 0 Å². The molecule has 2 aromatic rings. The molecule has 2 heterocycles. The third kappa shape index (κ3) is 1.88. The maximum Gasteiger partial charge on any atom is 0.0601 e. The minimum Gasteiger partial charge on any atom is -0.367 e. The predicted molar refractivity (Wildman–Crippen MR) is 85.5 cm³/mol. The van der Waals surface area contributed by atoms with E-state index in [1.54, 1.807) is 0 Å². The number of fused-ring (bicyclic) bond motifs is 1. The fraction of sp³-hybridized carbons (Fsp3) is 0.222. The van der Waals surface area contributed by atoms with Crippen LogP contribution in [-0.4, -0.2) is 16.9 Å². The molecule has 0 saturated carbocycles. The molecule has 1 aliphatic rings. The van der Waals surface area contributed by atoms with Gasteiger partial charge in [0.05, 0.1) is 6.04 Å². The highest BCUT2D eigenvalue weighted by molar-refractivity contribution is 5.83. The Morgan fingerprint density at radius 2 is 2.15 bits per heavy atom. The van der Waals surface area contributed by atoms with E-state index in [4.69, 9.17) is 0 Å². The van der Waals surface area contributed by atoms with E-state index in [-0.39, 0.29) is 0 Å². The molecule has 20 heavy (non-hydrogen) atoms. The fourth-order valence-electron chi connectivity index (χ4n) is 3.13. The first kappa shape index (κ1) is 12.8. The smallest absolute Gasteiger partial charge is 0.0601 e. The van der Waals surface area contributed by atoms with Crippen LogP contribution in [0.1, 0.15) is 24.9 Å². The van der Waals surface area contributed by atoms with Crippen LogP contribution < -0.4 is 0 Å². The van der Waals surface area contributed by atoms with Crippen LogP contribution in [0.15, 0.2) is 66.5 Å². The number of rotatable bonds is 2. The minimum atomic E-state index is 0.392. The molecule has 0 aliphatic carbocycles. The first-order chi connectivity index (χ1) is 9.76. The number of aromatic amines is 1. The van der Waals surface area contributed by atoms with Gasteiger partial charge in [0.1, 0.15) is 0 Å². The summed E-state index contributed by atoms with van der Waals surface area (Å²) >= 11 is 0. The summed E-state index contributed by atoms with van der Waals surface area (Å²) in [7, 11) is 2.16. The van der Waals surface area contributed by atoms with Gasteiger partial charge in [0.25, 0.3) is 0 Å². The average Bonchev–Trinajstić information content (AvgIpc) is 3.02. The number of H-pyrrole nitrogens is 1.